The second kappa shape index (κ2) is 13.5. The highest BCUT2D eigenvalue weighted by molar-refractivity contribution is 7.13. The number of amides is 1. The monoisotopic (exact) mass is 607 g/mol. The lowest BCUT2D eigenvalue weighted by molar-refractivity contribution is 0.0477. The van der Waals surface area contributed by atoms with Crippen molar-refractivity contribution in [2.45, 2.75) is 59.8 Å². The molecule has 2 unspecified atom stereocenters. The van der Waals surface area contributed by atoms with Crippen LogP contribution in [-0.2, 0) is 20.8 Å². The number of carbonyl (C=O) groups excluding carboxylic acids is 2. The fraction of sp³-hybridized carbons (Fsp3) is 0.471. The van der Waals surface area contributed by atoms with Crippen molar-refractivity contribution < 1.29 is 23.8 Å². The summed E-state index contributed by atoms with van der Waals surface area (Å²) in [7, 11) is 5.63. The maximum absolute atomic E-state index is 13.0. The van der Waals surface area contributed by atoms with Crippen molar-refractivity contribution in [3.8, 4) is 0 Å². The van der Waals surface area contributed by atoms with Crippen LogP contribution in [0.3, 0.4) is 0 Å². The number of aryl methyl sites for hydroxylation is 1. The molecule has 4 rings (SSSR count). The third-order valence-corrected chi connectivity index (χ3v) is 8.88. The number of carbonyl (C=O) groups is 2. The van der Waals surface area contributed by atoms with E-state index in [-0.39, 0.29) is 36.2 Å². The predicted molar refractivity (Wildman–Crippen MR) is 174 cm³/mol. The summed E-state index contributed by atoms with van der Waals surface area (Å²) in [6.07, 6.45) is 5.28. The van der Waals surface area contributed by atoms with E-state index < -0.39 is 0 Å². The maximum atomic E-state index is 13.0. The van der Waals surface area contributed by atoms with Gasteiger partial charge < -0.3 is 29.3 Å². The van der Waals surface area contributed by atoms with Crippen LogP contribution >= 0.6 is 11.3 Å². The van der Waals surface area contributed by atoms with Gasteiger partial charge in [-0.25, -0.2) is 9.59 Å². The van der Waals surface area contributed by atoms with Crippen LogP contribution in [-0.4, -0.2) is 74.3 Å². The number of hydrogen-bond donors (Lipinski definition) is 1. The molecule has 8 nitrogen and oxygen atoms in total. The van der Waals surface area contributed by atoms with Crippen molar-refractivity contribution in [2.24, 2.45) is 5.92 Å². The lowest BCUT2D eigenvalue weighted by Crippen LogP contribution is -2.38. The second-order valence-electron chi connectivity index (χ2n) is 12.1. The van der Waals surface area contributed by atoms with Crippen molar-refractivity contribution in [1.82, 2.24) is 9.80 Å². The Morgan fingerprint density at radius 2 is 1.81 bits per heavy atom. The number of anilines is 1. The minimum atomic E-state index is -0.380. The Kier molecular flexibility index (Phi) is 10.2. The first-order valence-electron chi connectivity index (χ1n) is 14.8. The third kappa shape index (κ3) is 7.40. The van der Waals surface area contributed by atoms with Gasteiger partial charge in [0.05, 0.1) is 11.6 Å². The lowest BCUT2D eigenvalue weighted by atomic mass is 9.81. The smallest absolute Gasteiger partial charge is 0.414 e. The van der Waals surface area contributed by atoms with E-state index >= 15 is 0 Å². The minimum absolute atomic E-state index is 0.104. The second-order valence-corrected chi connectivity index (χ2v) is 13.3. The number of allylic oxidation sites excluding steroid dienone is 3. The van der Waals surface area contributed by atoms with E-state index in [1.807, 2.05) is 58.0 Å². The molecule has 43 heavy (non-hydrogen) atoms. The molecule has 0 saturated heterocycles. The molecule has 1 aliphatic carbocycles. The zero-order valence-electron chi connectivity index (χ0n) is 26.9. The molecule has 232 valence electrons. The van der Waals surface area contributed by atoms with E-state index in [1.54, 1.807) is 18.1 Å². The standard InChI is InChI=1S/C34H45N3O5S/c1-10-37(18-17-36(7)8)33(39)42-28-15-13-25(31(40-9)23(28)4)24-12-14-27-30(21(2)19-34(5,6)35-27)26(24)20-41-32(38)29-16-11-22(3)43-29/h11-16,19,23,31,35H,10,17-18,20H2,1-9H3. The first-order chi connectivity index (χ1) is 20.3. The van der Waals surface area contributed by atoms with Crippen molar-refractivity contribution in [3.05, 3.63) is 74.7 Å². The quantitative estimate of drug-likeness (QED) is 0.292. The van der Waals surface area contributed by atoms with E-state index in [9.17, 15) is 9.59 Å². The summed E-state index contributed by atoms with van der Waals surface area (Å²) in [6, 6.07) is 7.87. The lowest BCUT2D eigenvalue weighted by Gasteiger charge is -2.35. The number of nitrogens with zero attached hydrogens (tertiary/aromatic N) is 2. The van der Waals surface area contributed by atoms with Crippen molar-refractivity contribution in [3.63, 3.8) is 0 Å². The molecule has 2 heterocycles. The fourth-order valence-corrected chi connectivity index (χ4v) is 6.54. The van der Waals surface area contributed by atoms with Gasteiger partial charge in [0.1, 0.15) is 17.2 Å². The van der Waals surface area contributed by atoms with Gasteiger partial charge in [0.2, 0.25) is 0 Å². The Bertz CT molecular complexity index is 1450. The van der Waals surface area contributed by atoms with Crippen LogP contribution in [0.5, 0.6) is 0 Å². The first kappa shape index (κ1) is 32.5. The number of thiophene rings is 1. The highest BCUT2D eigenvalue weighted by Crippen LogP contribution is 2.42. The van der Waals surface area contributed by atoms with Crippen LogP contribution in [0.2, 0.25) is 0 Å². The Morgan fingerprint density at radius 1 is 1.07 bits per heavy atom. The predicted octanol–water partition coefficient (Wildman–Crippen LogP) is 6.97. The number of ether oxygens (including phenoxy) is 3. The van der Waals surface area contributed by atoms with Crippen LogP contribution in [0.4, 0.5) is 10.5 Å². The molecule has 0 spiro atoms. The molecule has 0 bridgehead atoms. The largest absolute Gasteiger partial charge is 0.457 e. The zero-order chi connectivity index (χ0) is 31.5. The van der Waals surface area contributed by atoms with E-state index in [4.69, 9.17) is 14.2 Å². The SMILES string of the molecule is CCN(CCN(C)C)C(=O)OC1=CC=C(c2ccc3c(c2COC(=O)c2ccc(C)s2)C(C)=CC(C)(C)N3)C(OC)C1C. The van der Waals surface area contributed by atoms with Crippen LogP contribution in [0.15, 0.2) is 48.3 Å². The number of hydrogen-bond acceptors (Lipinski definition) is 8. The molecule has 9 heteroatoms. The topological polar surface area (TPSA) is 80.3 Å². The number of likely N-dealkylation sites (N-methyl/N-ethyl adjacent to an activating group) is 2. The number of nitrogens with one attached hydrogen (secondary N) is 1. The molecule has 0 radical (unpaired) electrons. The maximum Gasteiger partial charge on any atom is 0.414 e. The number of rotatable bonds is 10. The van der Waals surface area contributed by atoms with E-state index in [2.05, 4.69) is 44.3 Å². The van der Waals surface area contributed by atoms with Gasteiger partial charge in [-0.15, -0.1) is 11.3 Å². The fourth-order valence-electron chi connectivity index (χ4n) is 5.78. The van der Waals surface area contributed by atoms with Crippen molar-refractivity contribution in [1.29, 1.82) is 0 Å². The van der Waals surface area contributed by atoms with Gasteiger partial charge in [-0.1, -0.05) is 25.1 Å². The van der Waals surface area contributed by atoms with Gasteiger partial charge in [0.15, 0.2) is 0 Å². The number of benzene rings is 1. The Morgan fingerprint density at radius 3 is 2.44 bits per heavy atom. The van der Waals surface area contributed by atoms with E-state index in [1.165, 1.54) is 11.3 Å². The molecule has 2 aromatic rings. The summed E-state index contributed by atoms with van der Waals surface area (Å²) in [5, 5.41) is 3.61. The van der Waals surface area contributed by atoms with E-state index in [0.717, 1.165) is 44.9 Å². The molecule has 2 atom stereocenters. The van der Waals surface area contributed by atoms with Crippen LogP contribution in [0, 0.1) is 12.8 Å². The summed E-state index contributed by atoms with van der Waals surface area (Å²) >= 11 is 1.42. The van der Waals surface area contributed by atoms with Gasteiger partial charge in [-0.05, 0) is 89.7 Å². The number of methoxy groups -OCH3 is 1. The molecule has 1 amide bonds. The van der Waals surface area contributed by atoms with Crippen LogP contribution in [0.25, 0.3) is 11.1 Å². The normalized spacial score (nSPS) is 19.1. The molecule has 1 aliphatic heterocycles. The number of esters is 1. The van der Waals surface area contributed by atoms with Crippen molar-refractivity contribution in [2.75, 3.05) is 46.2 Å². The number of fused-ring (bicyclic) bond motifs is 1. The van der Waals surface area contributed by atoms with Crippen molar-refractivity contribution >= 4 is 40.2 Å². The molecule has 0 saturated carbocycles. The Balaban J connectivity index is 1.71. The van der Waals surface area contributed by atoms with Gasteiger partial charge in [-0.2, -0.15) is 0 Å². The first-order valence-corrected chi connectivity index (χ1v) is 15.6. The molecule has 1 N–H and O–H groups in total. The Labute approximate surface area is 260 Å². The zero-order valence-corrected chi connectivity index (χ0v) is 27.7. The Hall–Kier alpha value is -3.40. The highest BCUT2D eigenvalue weighted by Gasteiger charge is 2.34. The third-order valence-electron chi connectivity index (χ3n) is 7.89. The van der Waals surface area contributed by atoms with Gasteiger partial charge in [0.25, 0.3) is 0 Å². The minimum Gasteiger partial charge on any atom is -0.457 e. The van der Waals surface area contributed by atoms with Gasteiger partial charge in [-0.3, -0.25) is 0 Å². The molecule has 2 aliphatic rings. The summed E-state index contributed by atoms with van der Waals surface area (Å²) in [6.45, 7) is 14.3. The average molecular weight is 608 g/mol. The van der Waals surface area contributed by atoms with Crippen LogP contribution in [0.1, 0.15) is 65.9 Å². The molecular formula is C34H45N3O5S. The van der Waals surface area contributed by atoms with Gasteiger partial charge >= 0.3 is 12.1 Å². The van der Waals surface area contributed by atoms with E-state index in [0.29, 0.717) is 23.7 Å². The summed E-state index contributed by atoms with van der Waals surface area (Å²) in [4.78, 5) is 31.4. The molecular weight excluding hydrogens is 562 g/mol. The highest BCUT2D eigenvalue weighted by atomic mass is 32.1. The van der Waals surface area contributed by atoms with Crippen LogP contribution < -0.4 is 5.32 Å². The summed E-state index contributed by atoms with van der Waals surface area (Å²) in [5.74, 6) is -0.0105. The summed E-state index contributed by atoms with van der Waals surface area (Å²) < 4.78 is 17.9. The van der Waals surface area contributed by atoms with Gasteiger partial charge in [0, 0.05) is 54.4 Å². The average Bonchev–Trinajstić information content (AvgIpc) is 3.38. The molecule has 0 fully saturated rings. The summed E-state index contributed by atoms with van der Waals surface area (Å²) in [5.41, 5.74) is 5.70. The molecule has 1 aromatic heterocycles. The molecule has 1 aromatic carbocycles.